The van der Waals surface area contributed by atoms with E-state index in [0.717, 1.165) is 10.5 Å². The number of nitrogens with one attached hydrogen (secondary N) is 1. The molecule has 30 heavy (non-hydrogen) atoms. The number of rotatable bonds is 6. The van der Waals surface area contributed by atoms with E-state index in [-0.39, 0.29) is 16.1 Å². The van der Waals surface area contributed by atoms with Crippen molar-refractivity contribution in [2.75, 3.05) is 12.4 Å². The normalized spacial score (nSPS) is 15.7. The molecule has 1 aliphatic heterocycles. The maximum absolute atomic E-state index is 12.8. The Labute approximate surface area is 181 Å². The van der Waals surface area contributed by atoms with Crippen LogP contribution in [0.4, 0.5) is 5.69 Å². The molecule has 1 heterocycles. The second kappa shape index (κ2) is 8.63. The van der Waals surface area contributed by atoms with E-state index in [2.05, 4.69) is 5.32 Å². The summed E-state index contributed by atoms with van der Waals surface area (Å²) in [6.07, 6.45) is 0.698. The van der Waals surface area contributed by atoms with E-state index in [0.29, 0.717) is 18.7 Å². The van der Waals surface area contributed by atoms with Crippen LogP contribution in [0.2, 0.25) is 0 Å². The summed E-state index contributed by atoms with van der Waals surface area (Å²) in [5, 5.41) is 2.72. The lowest BCUT2D eigenvalue weighted by molar-refractivity contribution is -0.115. The molecule has 0 aliphatic carbocycles. The molecule has 1 aliphatic rings. The summed E-state index contributed by atoms with van der Waals surface area (Å²) in [7, 11) is -2.06. The third-order valence-corrected chi connectivity index (χ3v) is 8.15. The van der Waals surface area contributed by atoms with E-state index >= 15 is 0 Å². The zero-order valence-electron chi connectivity index (χ0n) is 16.5. The fourth-order valence-corrected chi connectivity index (χ4v) is 5.72. The van der Waals surface area contributed by atoms with Gasteiger partial charge in [0.05, 0.1) is 10.1 Å². The van der Waals surface area contributed by atoms with Crippen LogP contribution < -0.4 is 5.32 Å². The van der Waals surface area contributed by atoms with Gasteiger partial charge < -0.3 is 5.32 Å². The molecule has 0 unspecified atom stereocenters. The largest absolute Gasteiger partial charge is 0.325 e. The Morgan fingerprint density at radius 2 is 1.67 bits per heavy atom. The molecule has 0 spiro atoms. The summed E-state index contributed by atoms with van der Waals surface area (Å²) < 4.78 is 27.0. The first kappa shape index (κ1) is 20.7. The number of thioether (sulfide) groups is 1. The number of benzene rings is 3. The molecule has 7 heteroatoms. The van der Waals surface area contributed by atoms with Crippen LogP contribution in [-0.4, -0.2) is 30.9 Å². The van der Waals surface area contributed by atoms with Crippen LogP contribution in [0, 0.1) is 0 Å². The van der Waals surface area contributed by atoms with Gasteiger partial charge in [-0.1, -0.05) is 48.5 Å². The van der Waals surface area contributed by atoms with Gasteiger partial charge in [0.15, 0.2) is 0 Å². The van der Waals surface area contributed by atoms with Gasteiger partial charge in [0.2, 0.25) is 15.9 Å². The Morgan fingerprint density at radius 1 is 1.00 bits per heavy atom. The predicted molar refractivity (Wildman–Crippen MR) is 120 cm³/mol. The molecule has 0 radical (unpaired) electrons. The van der Waals surface area contributed by atoms with Crippen LogP contribution in [0.3, 0.4) is 0 Å². The highest BCUT2D eigenvalue weighted by atomic mass is 32.2. The zero-order chi connectivity index (χ0) is 21.1. The van der Waals surface area contributed by atoms with Gasteiger partial charge in [-0.25, -0.2) is 8.42 Å². The van der Waals surface area contributed by atoms with Crippen molar-refractivity contribution in [1.82, 2.24) is 4.31 Å². The Bertz CT molecular complexity index is 1120. The lowest BCUT2D eigenvalue weighted by Crippen LogP contribution is -2.26. The molecule has 154 valence electrons. The lowest BCUT2D eigenvalue weighted by atomic mass is 10.1. The van der Waals surface area contributed by atoms with Gasteiger partial charge in [-0.3, -0.25) is 4.79 Å². The molecule has 0 aromatic heterocycles. The van der Waals surface area contributed by atoms with E-state index < -0.39 is 10.0 Å². The van der Waals surface area contributed by atoms with Crippen LogP contribution >= 0.6 is 11.8 Å². The quantitative estimate of drug-likeness (QED) is 0.628. The first-order chi connectivity index (χ1) is 14.4. The van der Waals surface area contributed by atoms with Gasteiger partial charge in [-0.05, 0) is 47.9 Å². The molecule has 3 aromatic rings. The Balaban J connectivity index is 1.40. The first-order valence-corrected chi connectivity index (χ1v) is 11.9. The monoisotopic (exact) mass is 438 g/mol. The van der Waals surface area contributed by atoms with Crippen LogP contribution in [0.1, 0.15) is 11.1 Å². The van der Waals surface area contributed by atoms with Crippen LogP contribution in [-0.2, 0) is 27.8 Å². The van der Waals surface area contributed by atoms with Gasteiger partial charge in [0, 0.05) is 24.2 Å². The SMILES string of the molecule is CN(Cc1ccccc1)S(=O)(=O)c1ccc(NC(=O)[C@@H]2Cc3ccccc3S2)cc1. The second-order valence-electron chi connectivity index (χ2n) is 7.18. The van der Waals surface area contributed by atoms with Crippen molar-refractivity contribution < 1.29 is 13.2 Å². The molecule has 1 N–H and O–H groups in total. The molecule has 0 bridgehead atoms. The lowest BCUT2D eigenvalue weighted by Gasteiger charge is -2.18. The zero-order valence-corrected chi connectivity index (χ0v) is 18.1. The number of hydrogen-bond donors (Lipinski definition) is 1. The van der Waals surface area contributed by atoms with Crippen molar-refractivity contribution in [3.8, 4) is 0 Å². The average molecular weight is 439 g/mol. The fourth-order valence-electron chi connectivity index (χ4n) is 3.37. The van der Waals surface area contributed by atoms with Crippen molar-refractivity contribution in [2.45, 2.75) is 28.0 Å². The first-order valence-electron chi connectivity index (χ1n) is 9.59. The third-order valence-electron chi connectivity index (χ3n) is 5.02. The minimum Gasteiger partial charge on any atom is -0.325 e. The van der Waals surface area contributed by atoms with Crippen molar-refractivity contribution in [1.29, 1.82) is 0 Å². The number of nitrogens with zero attached hydrogens (tertiary/aromatic N) is 1. The maximum Gasteiger partial charge on any atom is 0.243 e. The standard InChI is InChI=1S/C23H22N2O3S2/c1-25(16-17-7-3-2-4-8-17)30(27,28)20-13-11-19(12-14-20)24-23(26)22-15-18-9-5-6-10-21(18)29-22/h2-14,22H,15-16H2,1H3,(H,24,26)/t22-/m0/s1. The molecule has 0 fully saturated rings. The second-order valence-corrected chi connectivity index (χ2v) is 10.5. The summed E-state index contributed by atoms with van der Waals surface area (Å²) in [5.41, 5.74) is 2.69. The van der Waals surface area contributed by atoms with Crippen LogP contribution in [0.15, 0.2) is 88.7 Å². The van der Waals surface area contributed by atoms with Gasteiger partial charge in [-0.15, -0.1) is 11.8 Å². The van der Waals surface area contributed by atoms with Crippen molar-refractivity contribution in [3.63, 3.8) is 0 Å². The van der Waals surface area contributed by atoms with Crippen molar-refractivity contribution in [2.24, 2.45) is 0 Å². The van der Waals surface area contributed by atoms with Crippen LogP contribution in [0.25, 0.3) is 0 Å². The van der Waals surface area contributed by atoms with Gasteiger partial charge >= 0.3 is 0 Å². The highest BCUT2D eigenvalue weighted by molar-refractivity contribution is 8.01. The molecule has 5 nitrogen and oxygen atoms in total. The molecule has 1 atom stereocenters. The summed E-state index contributed by atoms with van der Waals surface area (Å²) in [6.45, 7) is 0.293. The van der Waals surface area contributed by atoms with E-state index in [9.17, 15) is 13.2 Å². The maximum atomic E-state index is 12.8. The van der Waals surface area contributed by atoms with E-state index in [1.807, 2.05) is 54.6 Å². The number of hydrogen-bond acceptors (Lipinski definition) is 4. The predicted octanol–water partition coefficient (Wildman–Crippen LogP) is 4.16. The summed E-state index contributed by atoms with van der Waals surface area (Å²) in [6, 6.07) is 23.8. The smallest absolute Gasteiger partial charge is 0.243 e. The van der Waals surface area contributed by atoms with Crippen molar-refractivity contribution in [3.05, 3.63) is 90.0 Å². The van der Waals surface area contributed by atoms with Gasteiger partial charge in [0.1, 0.15) is 0 Å². The van der Waals surface area contributed by atoms with E-state index in [4.69, 9.17) is 0 Å². The minimum absolute atomic E-state index is 0.0759. The van der Waals surface area contributed by atoms with Crippen LogP contribution in [0.5, 0.6) is 0 Å². The summed E-state index contributed by atoms with van der Waals surface area (Å²) in [5.74, 6) is -0.0759. The number of amides is 1. The van der Waals surface area contributed by atoms with Gasteiger partial charge in [0.25, 0.3) is 0 Å². The highest BCUT2D eigenvalue weighted by Gasteiger charge is 2.28. The molecular formula is C23H22N2O3S2. The average Bonchev–Trinajstić information content (AvgIpc) is 3.19. The molecule has 1 amide bonds. The summed E-state index contributed by atoms with van der Waals surface area (Å²) >= 11 is 1.56. The Hall–Kier alpha value is -2.61. The van der Waals surface area contributed by atoms with E-state index in [1.165, 1.54) is 22.0 Å². The molecule has 4 rings (SSSR count). The molecular weight excluding hydrogens is 416 g/mol. The Morgan fingerprint density at radius 3 is 2.37 bits per heavy atom. The molecule has 0 saturated heterocycles. The number of anilines is 1. The van der Waals surface area contributed by atoms with E-state index in [1.54, 1.807) is 30.9 Å². The number of carbonyl (C=O) groups excluding carboxylic acids is 1. The number of carbonyl (C=O) groups is 1. The molecule has 0 saturated carbocycles. The number of fused-ring (bicyclic) bond motifs is 1. The van der Waals surface area contributed by atoms with Gasteiger partial charge in [-0.2, -0.15) is 4.31 Å². The third kappa shape index (κ3) is 4.43. The topological polar surface area (TPSA) is 66.5 Å². The van der Waals surface area contributed by atoms with Crippen molar-refractivity contribution >= 4 is 33.4 Å². The summed E-state index contributed by atoms with van der Waals surface area (Å²) in [4.78, 5) is 14.0. The Kier molecular flexibility index (Phi) is 5.94. The highest BCUT2D eigenvalue weighted by Crippen LogP contribution is 2.37. The number of sulfonamides is 1. The molecule has 3 aromatic carbocycles. The fraction of sp³-hybridized carbons (Fsp3) is 0.174. The minimum atomic E-state index is -3.62.